The smallest absolute Gasteiger partial charge is 0.268 e. The third-order valence-electron chi connectivity index (χ3n) is 6.35. The molecule has 2 aliphatic rings. The maximum absolute atomic E-state index is 13.2. The fourth-order valence-electron chi connectivity index (χ4n) is 4.52. The number of nitrogens with one attached hydrogen (secondary N) is 2. The first-order valence-electron chi connectivity index (χ1n) is 11.8. The van der Waals surface area contributed by atoms with Crippen LogP contribution in [0.4, 0.5) is 5.69 Å². The van der Waals surface area contributed by atoms with Gasteiger partial charge < -0.3 is 19.9 Å². The van der Waals surface area contributed by atoms with Gasteiger partial charge in [-0.05, 0) is 42.3 Å². The largest absolute Gasteiger partial charge is 0.494 e. The first-order chi connectivity index (χ1) is 17.0. The molecule has 1 aromatic heterocycles. The Balaban J connectivity index is 1.23. The van der Waals surface area contributed by atoms with Crippen LogP contribution in [0.2, 0.25) is 0 Å². The van der Waals surface area contributed by atoms with Crippen LogP contribution in [0.3, 0.4) is 0 Å². The van der Waals surface area contributed by atoms with E-state index in [1.165, 1.54) is 0 Å². The van der Waals surface area contributed by atoms with Crippen molar-refractivity contribution in [3.05, 3.63) is 59.8 Å². The Hall–Kier alpha value is -4.14. The van der Waals surface area contributed by atoms with Crippen LogP contribution < -0.4 is 10.1 Å². The van der Waals surface area contributed by atoms with Gasteiger partial charge in [-0.2, -0.15) is 5.10 Å². The highest BCUT2D eigenvalue weighted by atomic mass is 16.5. The molecule has 0 radical (unpaired) electrons. The van der Waals surface area contributed by atoms with Crippen molar-refractivity contribution in [2.45, 2.75) is 38.8 Å². The number of H-pyrrole nitrogens is 1. The first kappa shape index (κ1) is 22.6. The number of para-hydroxylation sites is 1. The van der Waals surface area contributed by atoms with Gasteiger partial charge in [0.05, 0.1) is 13.2 Å². The minimum Gasteiger partial charge on any atom is -0.494 e. The van der Waals surface area contributed by atoms with Crippen molar-refractivity contribution < 1.29 is 19.1 Å². The number of aromatic nitrogens is 1. The van der Waals surface area contributed by atoms with E-state index < -0.39 is 11.9 Å². The summed E-state index contributed by atoms with van der Waals surface area (Å²) in [7, 11) is 0. The van der Waals surface area contributed by atoms with Gasteiger partial charge in [-0.15, -0.1) is 0 Å². The molecule has 0 aliphatic carbocycles. The number of carbonyl (C=O) groups excluding carboxylic acids is 3. The molecule has 0 bridgehead atoms. The maximum atomic E-state index is 13.2. The zero-order valence-corrected chi connectivity index (χ0v) is 19.5. The summed E-state index contributed by atoms with van der Waals surface area (Å²) in [5, 5.41) is 8.90. The summed E-state index contributed by atoms with van der Waals surface area (Å²) in [5.41, 5.74) is 3.58. The molecular weight excluding hydrogens is 446 g/mol. The molecule has 1 unspecified atom stereocenters. The van der Waals surface area contributed by atoms with Crippen molar-refractivity contribution in [2.24, 2.45) is 5.10 Å². The SMILES string of the molecule is CCCCOc1ccc(NC(=O)C=NN2CC(=O)N3Cc4[nH]c5ccccc5c4CC3C2=O)cc1. The van der Waals surface area contributed by atoms with Gasteiger partial charge in [0.1, 0.15) is 24.6 Å². The Morgan fingerprint density at radius 1 is 1.17 bits per heavy atom. The van der Waals surface area contributed by atoms with Crippen molar-refractivity contribution in [3.8, 4) is 5.75 Å². The van der Waals surface area contributed by atoms with E-state index in [1.807, 2.05) is 24.3 Å². The van der Waals surface area contributed by atoms with Crippen LogP contribution in [0.5, 0.6) is 5.75 Å². The van der Waals surface area contributed by atoms with E-state index in [-0.39, 0.29) is 18.4 Å². The normalized spacial score (nSPS) is 17.6. The van der Waals surface area contributed by atoms with E-state index in [0.29, 0.717) is 25.3 Å². The summed E-state index contributed by atoms with van der Waals surface area (Å²) in [6.07, 6.45) is 3.48. The molecule has 3 heterocycles. The molecule has 5 rings (SSSR count). The second kappa shape index (κ2) is 9.61. The molecular formula is C26H27N5O4. The predicted octanol–water partition coefficient (Wildman–Crippen LogP) is 3.07. The van der Waals surface area contributed by atoms with Crippen LogP contribution in [0.25, 0.3) is 10.9 Å². The zero-order chi connectivity index (χ0) is 24.4. The minimum absolute atomic E-state index is 0.196. The molecule has 3 aromatic rings. The Kier molecular flexibility index (Phi) is 6.22. The number of piperazine rings is 1. The number of rotatable bonds is 7. The molecule has 2 aliphatic heterocycles. The lowest BCUT2D eigenvalue weighted by atomic mass is 9.94. The van der Waals surface area contributed by atoms with E-state index >= 15 is 0 Å². The van der Waals surface area contributed by atoms with Gasteiger partial charge in [0.15, 0.2) is 0 Å². The molecule has 2 N–H and O–H groups in total. The summed E-state index contributed by atoms with van der Waals surface area (Å²) in [6, 6.07) is 14.3. The number of anilines is 1. The number of nitrogens with zero attached hydrogens (tertiary/aromatic N) is 3. The van der Waals surface area contributed by atoms with E-state index in [9.17, 15) is 14.4 Å². The molecule has 0 saturated carbocycles. The summed E-state index contributed by atoms with van der Waals surface area (Å²) in [4.78, 5) is 43.3. The van der Waals surface area contributed by atoms with Crippen LogP contribution in [-0.4, -0.2) is 58.0 Å². The predicted molar refractivity (Wildman–Crippen MR) is 132 cm³/mol. The quantitative estimate of drug-likeness (QED) is 0.406. The average molecular weight is 474 g/mol. The second-order valence-electron chi connectivity index (χ2n) is 8.73. The molecule has 180 valence electrons. The standard InChI is InChI=1S/C26H27N5O4/c1-2-3-12-35-18-10-8-17(9-11-18)28-24(32)14-27-31-16-25(33)30-15-22-20(13-23(30)26(31)34)19-6-4-5-7-21(19)29-22/h4-11,14,23,29H,2-3,12-13,15-16H2,1H3,(H,28,32). The lowest BCUT2D eigenvalue weighted by Crippen LogP contribution is -2.60. The average Bonchev–Trinajstić information content (AvgIpc) is 3.23. The number of ether oxygens (including phenoxy) is 1. The Morgan fingerprint density at radius 3 is 2.77 bits per heavy atom. The van der Waals surface area contributed by atoms with E-state index in [0.717, 1.165) is 52.0 Å². The Bertz CT molecular complexity index is 1300. The number of fused-ring (bicyclic) bond motifs is 4. The molecule has 35 heavy (non-hydrogen) atoms. The van der Waals surface area contributed by atoms with Crippen LogP contribution in [0.1, 0.15) is 31.0 Å². The van der Waals surface area contributed by atoms with Gasteiger partial charge in [0.2, 0.25) is 5.91 Å². The second-order valence-corrected chi connectivity index (χ2v) is 8.73. The number of amides is 3. The van der Waals surface area contributed by atoms with Gasteiger partial charge in [0, 0.05) is 28.7 Å². The van der Waals surface area contributed by atoms with E-state index in [2.05, 4.69) is 22.3 Å². The van der Waals surface area contributed by atoms with Crippen molar-refractivity contribution in [3.63, 3.8) is 0 Å². The van der Waals surface area contributed by atoms with Gasteiger partial charge in [-0.3, -0.25) is 14.4 Å². The molecule has 2 aromatic carbocycles. The number of benzene rings is 2. The number of unbranched alkanes of at least 4 members (excludes halogenated alkanes) is 1. The first-order valence-corrected chi connectivity index (χ1v) is 11.8. The summed E-state index contributed by atoms with van der Waals surface area (Å²) in [6.45, 7) is 2.91. The fourth-order valence-corrected chi connectivity index (χ4v) is 4.52. The number of aromatic amines is 1. The molecule has 9 heteroatoms. The minimum atomic E-state index is -0.636. The van der Waals surface area contributed by atoms with Crippen LogP contribution in [-0.2, 0) is 27.3 Å². The lowest BCUT2D eigenvalue weighted by molar-refractivity contribution is -0.157. The highest BCUT2D eigenvalue weighted by molar-refractivity contribution is 6.31. The van der Waals surface area contributed by atoms with Crippen molar-refractivity contribution in [1.82, 2.24) is 14.9 Å². The van der Waals surface area contributed by atoms with Crippen molar-refractivity contribution in [2.75, 3.05) is 18.5 Å². The molecule has 1 saturated heterocycles. The van der Waals surface area contributed by atoms with Crippen LogP contribution >= 0.6 is 0 Å². The molecule has 0 spiro atoms. The number of hydrogen-bond donors (Lipinski definition) is 2. The van der Waals surface area contributed by atoms with Gasteiger partial charge in [-0.1, -0.05) is 31.5 Å². The van der Waals surface area contributed by atoms with Gasteiger partial charge in [0.25, 0.3) is 11.8 Å². The van der Waals surface area contributed by atoms with Crippen LogP contribution in [0, 0.1) is 0 Å². The Morgan fingerprint density at radius 2 is 1.97 bits per heavy atom. The summed E-state index contributed by atoms with van der Waals surface area (Å²) in [5.74, 6) is -0.249. The number of carbonyl (C=O) groups is 3. The van der Waals surface area contributed by atoms with Crippen molar-refractivity contribution >= 4 is 40.5 Å². The third-order valence-corrected chi connectivity index (χ3v) is 6.35. The molecule has 1 atom stereocenters. The molecule has 9 nitrogen and oxygen atoms in total. The third kappa shape index (κ3) is 4.62. The number of hydrogen-bond acceptors (Lipinski definition) is 5. The van der Waals surface area contributed by atoms with E-state index in [1.54, 1.807) is 29.2 Å². The topological polar surface area (TPSA) is 107 Å². The van der Waals surface area contributed by atoms with E-state index in [4.69, 9.17) is 4.74 Å². The van der Waals surface area contributed by atoms with Crippen LogP contribution in [0.15, 0.2) is 53.6 Å². The molecule has 1 fully saturated rings. The van der Waals surface area contributed by atoms with Gasteiger partial charge in [-0.25, -0.2) is 5.01 Å². The highest BCUT2D eigenvalue weighted by Gasteiger charge is 2.43. The van der Waals surface area contributed by atoms with Gasteiger partial charge >= 0.3 is 0 Å². The highest BCUT2D eigenvalue weighted by Crippen LogP contribution is 2.32. The maximum Gasteiger partial charge on any atom is 0.268 e. The monoisotopic (exact) mass is 473 g/mol. The Labute approximate surface area is 202 Å². The van der Waals surface area contributed by atoms with Crippen molar-refractivity contribution in [1.29, 1.82) is 0 Å². The molecule has 3 amide bonds. The fraction of sp³-hybridized carbons (Fsp3) is 0.308. The lowest BCUT2D eigenvalue weighted by Gasteiger charge is -2.40. The summed E-state index contributed by atoms with van der Waals surface area (Å²) >= 11 is 0. The summed E-state index contributed by atoms with van der Waals surface area (Å²) < 4.78 is 5.62. The number of hydrazone groups is 1. The zero-order valence-electron chi connectivity index (χ0n) is 19.5.